The molecule has 0 saturated carbocycles. The molecule has 0 aliphatic heterocycles. The largest absolute Gasteiger partial charge is 0.361 e. The van der Waals surface area contributed by atoms with Gasteiger partial charge in [0.15, 0.2) is 0 Å². The van der Waals surface area contributed by atoms with Gasteiger partial charge < -0.3 is 4.98 Å². The van der Waals surface area contributed by atoms with Gasteiger partial charge in [-0.15, -0.1) is 0 Å². The molecule has 1 heterocycles. The van der Waals surface area contributed by atoms with Gasteiger partial charge in [-0.05, 0) is 31.4 Å². The Morgan fingerprint density at radius 1 is 1.29 bits per heavy atom. The minimum Gasteiger partial charge on any atom is -0.361 e. The number of rotatable bonds is 3. The van der Waals surface area contributed by atoms with Gasteiger partial charge in [0.05, 0.1) is 0 Å². The van der Waals surface area contributed by atoms with Crippen LogP contribution in [0.3, 0.4) is 0 Å². The fourth-order valence-corrected chi connectivity index (χ4v) is 1.74. The average Bonchev–Trinajstić information content (AvgIpc) is 2.63. The molecule has 0 aliphatic carbocycles. The van der Waals surface area contributed by atoms with Crippen molar-refractivity contribution in [2.45, 2.75) is 19.8 Å². The van der Waals surface area contributed by atoms with E-state index in [0.29, 0.717) is 0 Å². The lowest BCUT2D eigenvalue weighted by molar-refractivity contribution is 1.01. The van der Waals surface area contributed by atoms with Gasteiger partial charge in [0.25, 0.3) is 0 Å². The first-order valence-corrected chi connectivity index (χ1v) is 5.08. The number of benzene rings is 1. The van der Waals surface area contributed by atoms with Crippen LogP contribution in [0.15, 0.2) is 42.6 Å². The van der Waals surface area contributed by atoms with Gasteiger partial charge >= 0.3 is 0 Å². The number of aryl methyl sites for hydroxylation is 1. The van der Waals surface area contributed by atoms with Crippen LogP contribution in [0.4, 0.5) is 0 Å². The number of fused-ring (bicyclic) bond motifs is 1. The van der Waals surface area contributed by atoms with Crippen LogP contribution in [0.2, 0.25) is 0 Å². The van der Waals surface area contributed by atoms with Crippen molar-refractivity contribution in [1.29, 1.82) is 0 Å². The molecule has 1 N–H and O–H groups in total. The summed E-state index contributed by atoms with van der Waals surface area (Å²) in [5, 5.41) is 1.36. The van der Waals surface area contributed by atoms with E-state index in [-0.39, 0.29) is 0 Å². The van der Waals surface area contributed by atoms with Gasteiger partial charge in [-0.25, -0.2) is 0 Å². The lowest BCUT2D eigenvalue weighted by atomic mass is 10.1. The number of hydrogen-bond donors (Lipinski definition) is 1. The summed E-state index contributed by atoms with van der Waals surface area (Å²) in [6.45, 7) is 2.06. The fraction of sp³-hybridized carbons (Fsp3) is 0.231. The van der Waals surface area contributed by atoms with E-state index in [0.717, 1.165) is 12.8 Å². The standard InChI is InChI=1S/C13H15N/c1-2-3-4-7-11-10-14-13-9-6-5-8-12(11)13/h2-3,5-6,8-10,14H,4,7H2,1H3. The number of para-hydroxylation sites is 1. The number of aromatic nitrogens is 1. The molecule has 1 heteroatoms. The molecular formula is C13H15N. The van der Waals surface area contributed by atoms with E-state index in [4.69, 9.17) is 0 Å². The molecule has 0 atom stereocenters. The van der Waals surface area contributed by atoms with Crippen LogP contribution in [-0.2, 0) is 6.42 Å². The van der Waals surface area contributed by atoms with Crippen LogP contribution >= 0.6 is 0 Å². The monoisotopic (exact) mass is 185 g/mol. The van der Waals surface area contributed by atoms with Crippen molar-refractivity contribution in [3.8, 4) is 0 Å². The maximum atomic E-state index is 3.29. The summed E-state index contributed by atoms with van der Waals surface area (Å²) in [6.07, 6.45) is 8.68. The van der Waals surface area contributed by atoms with Crippen LogP contribution in [0.25, 0.3) is 10.9 Å². The van der Waals surface area contributed by atoms with Gasteiger partial charge in [-0.3, -0.25) is 0 Å². The summed E-state index contributed by atoms with van der Waals surface area (Å²) in [4.78, 5) is 3.29. The average molecular weight is 185 g/mol. The molecule has 0 radical (unpaired) electrons. The van der Waals surface area contributed by atoms with Crippen molar-refractivity contribution >= 4 is 10.9 Å². The first-order valence-electron chi connectivity index (χ1n) is 5.08. The van der Waals surface area contributed by atoms with E-state index in [1.165, 1.54) is 16.5 Å². The second kappa shape index (κ2) is 4.14. The van der Waals surface area contributed by atoms with E-state index in [2.05, 4.69) is 54.5 Å². The SMILES string of the molecule is CC=CCCc1c[nH]c2ccccc12. The molecule has 0 bridgehead atoms. The fourth-order valence-electron chi connectivity index (χ4n) is 1.74. The Bertz CT molecular complexity index is 437. The smallest absolute Gasteiger partial charge is 0.0456 e. The number of aromatic amines is 1. The van der Waals surface area contributed by atoms with Gasteiger partial charge in [-0.1, -0.05) is 30.4 Å². The summed E-state index contributed by atoms with van der Waals surface area (Å²) in [5.74, 6) is 0. The Balaban J connectivity index is 2.25. The van der Waals surface area contributed by atoms with Crippen molar-refractivity contribution in [3.63, 3.8) is 0 Å². The molecule has 72 valence electrons. The zero-order valence-electron chi connectivity index (χ0n) is 8.46. The quantitative estimate of drug-likeness (QED) is 0.702. The second-order valence-electron chi connectivity index (χ2n) is 3.47. The predicted octanol–water partition coefficient (Wildman–Crippen LogP) is 3.68. The van der Waals surface area contributed by atoms with Crippen LogP contribution in [-0.4, -0.2) is 4.98 Å². The molecular weight excluding hydrogens is 170 g/mol. The maximum absolute atomic E-state index is 3.29. The highest BCUT2D eigenvalue weighted by atomic mass is 14.7. The Labute approximate surface area is 84.5 Å². The molecule has 1 aromatic carbocycles. The third-order valence-electron chi connectivity index (χ3n) is 2.49. The Kier molecular flexibility index (Phi) is 2.68. The van der Waals surface area contributed by atoms with Crippen molar-refractivity contribution in [1.82, 2.24) is 4.98 Å². The summed E-state index contributed by atoms with van der Waals surface area (Å²) < 4.78 is 0. The number of H-pyrrole nitrogens is 1. The van der Waals surface area contributed by atoms with Gasteiger partial charge in [0.1, 0.15) is 0 Å². The lowest BCUT2D eigenvalue weighted by Gasteiger charge is -1.94. The third kappa shape index (κ3) is 1.72. The van der Waals surface area contributed by atoms with E-state index < -0.39 is 0 Å². The molecule has 2 aromatic rings. The first-order chi connectivity index (χ1) is 6.92. The second-order valence-corrected chi connectivity index (χ2v) is 3.47. The van der Waals surface area contributed by atoms with E-state index in [1.54, 1.807) is 0 Å². The van der Waals surface area contributed by atoms with Gasteiger partial charge in [0, 0.05) is 17.1 Å². The predicted molar refractivity (Wildman–Crippen MR) is 61.4 cm³/mol. The van der Waals surface area contributed by atoms with E-state index in [1.807, 2.05) is 0 Å². The van der Waals surface area contributed by atoms with Crippen LogP contribution in [0.5, 0.6) is 0 Å². The molecule has 0 saturated heterocycles. The van der Waals surface area contributed by atoms with Gasteiger partial charge in [0.2, 0.25) is 0 Å². The highest BCUT2D eigenvalue weighted by molar-refractivity contribution is 5.82. The highest BCUT2D eigenvalue weighted by Gasteiger charge is 2.00. The van der Waals surface area contributed by atoms with Crippen molar-refractivity contribution in [2.24, 2.45) is 0 Å². The number of allylic oxidation sites excluding steroid dienone is 2. The van der Waals surface area contributed by atoms with Crippen molar-refractivity contribution < 1.29 is 0 Å². The Hall–Kier alpha value is -1.50. The maximum Gasteiger partial charge on any atom is 0.0456 e. The van der Waals surface area contributed by atoms with Crippen LogP contribution in [0, 0.1) is 0 Å². The Morgan fingerprint density at radius 3 is 3.00 bits per heavy atom. The minimum atomic E-state index is 1.12. The first kappa shape index (κ1) is 9.07. The highest BCUT2D eigenvalue weighted by Crippen LogP contribution is 2.18. The molecule has 0 fully saturated rings. The molecule has 1 aromatic heterocycles. The van der Waals surface area contributed by atoms with Crippen LogP contribution in [0.1, 0.15) is 18.9 Å². The minimum absolute atomic E-state index is 1.12. The zero-order valence-corrected chi connectivity index (χ0v) is 8.46. The molecule has 1 nitrogen and oxygen atoms in total. The number of nitrogens with one attached hydrogen (secondary N) is 1. The molecule has 0 aliphatic rings. The summed E-state index contributed by atoms with van der Waals surface area (Å²) in [6, 6.07) is 8.45. The van der Waals surface area contributed by atoms with Crippen LogP contribution < -0.4 is 0 Å². The van der Waals surface area contributed by atoms with E-state index in [9.17, 15) is 0 Å². The normalized spacial score (nSPS) is 11.5. The summed E-state index contributed by atoms with van der Waals surface area (Å²) in [7, 11) is 0. The third-order valence-corrected chi connectivity index (χ3v) is 2.49. The van der Waals surface area contributed by atoms with Crippen molar-refractivity contribution in [3.05, 3.63) is 48.2 Å². The van der Waals surface area contributed by atoms with Crippen molar-refractivity contribution in [2.75, 3.05) is 0 Å². The van der Waals surface area contributed by atoms with E-state index >= 15 is 0 Å². The van der Waals surface area contributed by atoms with Gasteiger partial charge in [-0.2, -0.15) is 0 Å². The molecule has 0 amide bonds. The molecule has 2 rings (SSSR count). The molecule has 14 heavy (non-hydrogen) atoms. The lowest BCUT2D eigenvalue weighted by Crippen LogP contribution is -1.79. The topological polar surface area (TPSA) is 15.8 Å². The molecule has 0 spiro atoms. The number of hydrogen-bond acceptors (Lipinski definition) is 0. The summed E-state index contributed by atoms with van der Waals surface area (Å²) in [5.41, 5.74) is 2.65. The Morgan fingerprint density at radius 2 is 2.14 bits per heavy atom. The molecule has 0 unspecified atom stereocenters. The zero-order chi connectivity index (χ0) is 9.80. The summed E-state index contributed by atoms with van der Waals surface area (Å²) >= 11 is 0.